The molecule has 2 rings (SSSR count). The first-order chi connectivity index (χ1) is 14.5. The van der Waals surface area contributed by atoms with Crippen LogP contribution in [0.1, 0.15) is 18.2 Å². The number of hydrogen-bond donors (Lipinski definition) is 1. The number of aryl methyl sites for hydroxylation is 1. The van der Waals surface area contributed by atoms with Crippen molar-refractivity contribution < 1.29 is 22.9 Å². The SMILES string of the molecule is Cc1cn([C@H]2C[C@H](N=[N+]=[N-])[C@@H](COP(=O)(OCC(Cl)Cl)OCC(Cl)Cl)O2)c(=O)[nH]c1=O. The van der Waals surface area contributed by atoms with E-state index < -0.39 is 53.7 Å². The lowest BCUT2D eigenvalue weighted by Crippen LogP contribution is -2.33. The molecule has 0 aromatic carbocycles. The van der Waals surface area contributed by atoms with Crippen molar-refractivity contribution in [3.05, 3.63) is 43.0 Å². The topological polar surface area (TPSA) is 158 Å². The van der Waals surface area contributed by atoms with Crippen LogP contribution in [0.2, 0.25) is 0 Å². The van der Waals surface area contributed by atoms with Crippen LogP contribution in [-0.2, 0) is 22.9 Å². The molecular weight excluding hydrogens is 523 g/mol. The molecule has 1 N–H and O–H groups in total. The zero-order valence-electron chi connectivity index (χ0n) is 15.9. The summed E-state index contributed by atoms with van der Waals surface area (Å²) in [6.07, 6.45) is -0.391. The molecule has 0 radical (unpaired) electrons. The highest BCUT2D eigenvalue weighted by Gasteiger charge is 2.39. The molecule has 0 unspecified atom stereocenters. The van der Waals surface area contributed by atoms with Gasteiger partial charge in [0.25, 0.3) is 5.56 Å². The number of aromatic amines is 1. The second-order valence-corrected chi connectivity index (χ2v) is 10.5. The molecule has 1 aliphatic heterocycles. The third-order valence-electron chi connectivity index (χ3n) is 3.97. The van der Waals surface area contributed by atoms with Crippen LogP contribution in [-0.4, -0.2) is 51.2 Å². The van der Waals surface area contributed by atoms with Crippen molar-refractivity contribution in [2.45, 2.75) is 41.4 Å². The molecule has 1 saturated heterocycles. The predicted octanol–water partition coefficient (Wildman–Crippen LogP) is 3.58. The van der Waals surface area contributed by atoms with Crippen LogP contribution in [0.4, 0.5) is 0 Å². The number of rotatable bonds is 11. The van der Waals surface area contributed by atoms with Gasteiger partial charge in [-0.1, -0.05) is 5.11 Å². The first-order valence-corrected chi connectivity index (χ1v) is 11.9. The smallest absolute Gasteiger partial charge is 0.352 e. The molecule has 31 heavy (non-hydrogen) atoms. The Kier molecular flexibility index (Phi) is 10.2. The van der Waals surface area contributed by atoms with E-state index in [-0.39, 0.29) is 25.2 Å². The lowest BCUT2D eigenvalue weighted by molar-refractivity contribution is -0.0300. The maximum atomic E-state index is 12.8. The number of hydrogen-bond acceptors (Lipinski definition) is 8. The van der Waals surface area contributed by atoms with Gasteiger partial charge in [-0.25, -0.2) is 9.36 Å². The van der Waals surface area contributed by atoms with Gasteiger partial charge >= 0.3 is 13.5 Å². The van der Waals surface area contributed by atoms with Gasteiger partial charge in [-0.15, -0.1) is 46.4 Å². The number of H-pyrrole nitrogens is 1. The van der Waals surface area contributed by atoms with Gasteiger partial charge in [-0.05, 0) is 12.5 Å². The predicted molar refractivity (Wildman–Crippen MR) is 114 cm³/mol. The monoisotopic (exact) mass is 539 g/mol. The molecule has 0 spiro atoms. The summed E-state index contributed by atoms with van der Waals surface area (Å²) in [5, 5.41) is 3.63. The minimum atomic E-state index is -4.21. The molecule has 0 saturated carbocycles. The molecule has 3 atom stereocenters. The highest BCUT2D eigenvalue weighted by atomic mass is 35.5. The molecule has 12 nitrogen and oxygen atoms in total. The summed E-state index contributed by atoms with van der Waals surface area (Å²) in [6, 6.07) is -0.787. The largest absolute Gasteiger partial charge is 0.475 e. The van der Waals surface area contributed by atoms with Crippen LogP contribution in [0.5, 0.6) is 0 Å². The maximum Gasteiger partial charge on any atom is 0.475 e. The Morgan fingerprint density at radius 1 is 1.29 bits per heavy atom. The number of alkyl halides is 4. The third kappa shape index (κ3) is 7.94. The average molecular weight is 541 g/mol. The normalized spacial score (nSPS) is 21.6. The van der Waals surface area contributed by atoms with Crippen molar-refractivity contribution in [3.63, 3.8) is 0 Å². The molecule has 0 amide bonds. The first-order valence-electron chi connectivity index (χ1n) is 8.66. The number of nitrogens with one attached hydrogen (secondary N) is 1. The Morgan fingerprint density at radius 2 is 1.90 bits per heavy atom. The Balaban J connectivity index is 2.16. The number of phosphoric acid groups is 1. The van der Waals surface area contributed by atoms with Gasteiger partial charge in [0, 0.05) is 23.1 Å². The first kappa shape index (κ1) is 26.5. The average Bonchev–Trinajstić information content (AvgIpc) is 3.09. The lowest BCUT2D eigenvalue weighted by Gasteiger charge is -2.22. The zero-order valence-corrected chi connectivity index (χ0v) is 19.8. The van der Waals surface area contributed by atoms with E-state index in [9.17, 15) is 14.2 Å². The van der Waals surface area contributed by atoms with Gasteiger partial charge in [0.15, 0.2) is 0 Å². The van der Waals surface area contributed by atoms with E-state index >= 15 is 0 Å². The van der Waals surface area contributed by atoms with Gasteiger partial charge in [0.2, 0.25) is 0 Å². The van der Waals surface area contributed by atoms with E-state index in [4.69, 9.17) is 70.2 Å². The molecular formula is C14H18Cl4N5O7P. The van der Waals surface area contributed by atoms with Crippen LogP contribution in [0.25, 0.3) is 10.4 Å². The quantitative estimate of drug-likeness (QED) is 0.148. The summed E-state index contributed by atoms with van der Waals surface area (Å²) in [5.41, 5.74) is 7.88. The van der Waals surface area contributed by atoms with Gasteiger partial charge in [-0.3, -0.25) is 27.9 Å². The minimum absolute atomic E-state index is 0.0896. The fourth-order valence-electron chi connectivity index (χ4n) is 2.60. The molecule has 1 aromatic rings. The van der Waals surface area contributed by atoms with Crippen molar-refractivity contribution in [2.24, 2.45) is 5.11 Å². The Bertz CT molecular complexity index is 951. The number of nitrogens with zero attached hydrogens (tertiary/aromatic N) is 4. The molecule has 1 aromatic heterocycles. The van der Waals surface area contributed by atoms with Gasteiger partial charge < -0.3 is 4.74 Å². The van der Waals surface area contributed by atoms with Crippen molar-refractivity contribution in [1.82, 2.24) is 9.55 Å². The van der Waals surface area contributed by atoms with Gasteiger partial charge in [0.05, 0.1) is 32.0 Å². The summed E-state index contributed by atoms with van der Waals surface area (Å²) >= 11 is 22.3. The fraction of sp³-hybridized carbons (Fsp3) is 0.714. The lowest BCUT2D eigenvalue weighted by atomic mass is 10.1. The molecule has 1 aliphatic rings. The van der Waals surface area contributed by atoms with Crippen molar-refractivity contribution >= 4 is 54.2 Å². The van der Waals surface area contributed by atoms with Gasteiger partial charge in [0.1, 0.15) is 15.9 Å². The number of aromatic nitrogens is 2. The number of azide groups is 1. The van der Waals surface area contributed by atoms with Crippen molar-refractivity contribution in [1.29, 1.82) is 0 Å². The Labute approximate surface area is 195 Å². The Hall–Kier alpha value is -0.780. The van der Waals surface area contributed by atoms with Crippen LogP contribution < -0.4 is 11.2 Å². The van der Waals surface area contributed by atoms with E-state index in [1.54, 1.807) is 0 Å². The molecule has 174 valence electrons. The number of halogens is 4. The molecule has 17 heteroatoms. The van der Waals surface area contributed by atoms with E-state index in [1.165, 1.54) is 13.1 Å². The second-order valence-electron chi connectivity index (χ2n) is 6.23. The fourth-order valence-corrected chi connectivity index (χ4v) is 4.42. The van der Waals surface area contributed by atoms with Crippen molar-refractivity contribution in [2.75, 3.05) is 19.8 Å². The van der Waals surface area contributed by atoms with Crippen LogP contribution in [0.15, 0.2) is 20.9 Å². The van der Waals surface area contributed by atoms with Crippen LogP contribution in [0.3, 0.4) is 0 Å². The zero-order chi connectivity index (χ0) is 23.2. The Morgan fingerprint density at radius 3 is 2.45 bits per heavy atom. The summed E-state index contributed by atoms with van der Waals surface area (Å²) in [5.74, 6) is 0. The van der Waals surface area contributed by atoms with Crippen molar-refractivity contribution in [3.8, 4) is 0 Å². The summed E-state index contributed by atoms with van der Waals surface area (Å²) in [6.45, 7) is 0.354. The van der Waals surface area contributed by atoms with E-state index in [0.29, 0.717) is 0 Å². The minimum Gasteiger partial charge on any atom is -0.352 e. The summed E-state index contributed by atoms with van der Waals surface area (Å²) in [7, 11) is -4.21. The van der Waals surface area contributed by atoms with Gasteiger partial charge in [-0.2, -0.15) is 0 Å². The summed E-state index contributed by atoms with van der Waals surface area (Å²) in [4.78, 5) is 26.6. The van der Waals surface area contributed by atoms with E-state index in [0.717, 1.165) is 4.57 Å². The third-order valence-corrected chi connectivity index (χ3v) is 5.87. The van der Waals surface area contributed by atoms with E-state index in [1.807, 2.05) is 0 Å². The van der Waals surface area contributed by atoms with Crippen LogP contribution in [0, 0.1) is 6.92 Å². The summed E-state index contributed by atoms with van der Waals surface area (Å²) < 4.78 is 35.0. The standard InChI is InChI=1S/C14H18Cl4N5O7P/c1-7-3-23(14(25)20-13(7)24)12-2-8(21-22-19)9(30-12)4-27-31(26,28-5-10(15)16)29-6-11(17)18/h3,8-12H,2,4-6H2,1H3,(H,20,24,25)/t8-,9+,12+/m0/s1. The molecule has 0 bridgehead atoms. The number of phosphoric ester groups is 1. The molecule has 0 aliphatic carbocycles. The molecule has 1 fully saturated rings. The second kappa shape index (κ2) is 11.9. The molecule has 2 heterocycles. The highest BCUT2D eigenvalue weighted by Crippen LogP contribution is 2.51. The number of ether oxygens (including phenoxy) is 1. The van der Waals surface area contributed by atoms with E-state index in [2.05, 4.69) is 15.0 Å². The maximum absolute atomic E-state index is 12.8. The van der Waals surface area contributed by atoms with Crippen LogP contribution >= 0.6 is 54.2 Å². The highest BCUT2D eigenvalue weighted by molar-refractivity contribution is 7.48.